The van der Waals surface area contributed by atoms with Crippen LogP contribution < -0.4 is 0 Å². The number of hydrogen-bond acceptors (Lipinski definition) is 2. The summed E-state index contributed by atoms with van der Waals surface area (Å²) in [4.78, 5) is 10.4. The molecule has 0 saturated carbocycles. The zero-order chi connectivity index (χ0) is 7.11. The molecule has 52 valence electrons. The minimum Gasteiger partial charge on any atom is -0.466 e. The topological polar surface area (TPSA) is 26.3 Å². The molecule has 0 aliphatic heterocycles. The van der Waals surface area contributed by atoms with E-state index in [1.165, 1.54) is 0 Å². The Morgan fingerprint density at radius 3 is 2.78 bits per heavy atom. The lowest BCUT2D eigenvalue weighted by atomic mass is 10.4. The number of ether oxygens (including phenoxy) is 1. The zero-order valence-electron chi connectivity index (χ0n) is 5.72. The Balaban J connectivity index is 2.97. The first-order chi connectivity index (χ1) is 4.31. The van der Waals surface area contributed by atoms with Crippen LogP contribution in [0.1, 0.15) is 26.2 Å². The lowest BCUT2D eigenvalue weighted by molar-refractivity contribution is -0.143. The van der Waals surface area contributed by atoms with E-state index < -0.39 is 0 Å². The van der Waals surface area contributed by atoms with Crippen LogP contribution >= 0.6 is 0 Å². The average Bonchev–Trinajstić information content (AvgIpc) is 1.89. The highest BCUT2D eigenvalue weighted by Crippen LogP contribution is 1.89. The van der Waals surface area contributed by atoms with Crippen molar-refractivity contribution in [3.63, 3.8) is 0 Å². The molecule has 0 N–H and O–H groups in total. The molecule has 0 aliphatic rings. The molecule has 0 aromatic carbocycles. The van der Waals surface area contributed by atoms with Gasteiger partial charge in [-0.1, -0.05) is 6.92 Å². The Hall–Kier alpha value is -0.530. The summed E-state index contributed by atoms with van der Waals surface area (Å²) in [6.45, 7) is 7.40. The van der Waals surface area contributed by atoms with Crippen molar-refractivity contribution in [1.82, 2.24) is 0 Å². The molecule has 0 rings (SSSR count). The summed E-state index contributed by atoms with van der Waals surface area (Å²) in [6.07, 6.45) is 1.79. The monoisotopic (exact) mass is 128 g/mol. The van der Waals surface area contributed by atoms with Crippen LogP contribution in [-0.2, 0) is 9.53 Å². The van der Waals surface area contributed by atoms with Gasteiger partial charge in [-0.15, -0.1) is 0 Å². The highest BCUT2D eigenvalue weighted by Gasteiger charge is 1.94. The van der Waals surface area contributed by atoms with Gasteiger partial charge in [-0.3, -0.25) is 4.79 Å². The van der Waals surface area contributed by atoms with Crippen LogP contribution in [0.3, 0.4) is 0 Å². The number of esters is 1. The van der Waals surface area contributed by atoms with Crippen LogP contribution in [0.15, 0.2) is 0 Å². The van der Waals surface area contributed by atoms with Gasteiger partial charge < -0.3 is 4.74 Å². The van der Waals surface area contributed by atoms with E-state index in [1.54, 1.807) is 6.92 Å². The van der Waals surface area contributed by atoms with Crippen LogP contribution in [0.2, 0.25) is 0 Å². The van der Waals surface area contributed by atoms with E-state index in [9.17, 15) is 4.79 Å². The quantitative estimate of drug-likeness (QED) is 0.423. The van der Waals surface area contributed by atoms with Crippen LogP contribution in [0, 0.1) is 6.92 Å². The summed E-state index contributed by atoms with van der Waals surface area (Å²) < 4.78 is 4.71. The van der Waals surface area contributed by atoms with Gasteiger partial charge in [-0.05, 0) is 19.8 Å². The predicted molar refractivity (Wildman–Crippen MR) is 34.8 cm³/mol. The summed E-state index contributed by atoms with van der Waals surface area (Å²) in [6, 6.07) is 0. The van der Waals surface area contributed by atoms with Crippen LogP contribution in [0.5, 0.6) is 0 Å². The Bertz CT molecular complexity index is 79.0. The molecule has 0 saturated heterocycles. The normalized spacial score (nSPS) is 9.11. The van der Waals surface area contributed by atoms with Gasteiger partial charge in [0, 0.05) is 6.42 Å². The maximum Gasteiger partial charge on any atom is 0.305 e. The van der Waals surface area contributed by atoms with Crippen LogP contribution in [0.25, 0.3) is 0 Å². The SMILES string of the molecule is [CH]CCCOC(=O)CC. The zero-order valence-corrected chi connectivity index (χ0v) is 5.72. The Morgan fingerprint density at radius 1 is 1.67 bits per heavy atom. The number of carbonyl (C=O) groups is 1. The molecular formula is C7H12O2. The first-order valence-electron chi connectivity index (χ1n) is 3.17. The van der Waals surface area contributed by atoms with Crippen molar-refractivity contribution in [2.24, 2.45) is 0 Å². The van der Waals surface area contributed by atoms with Crippen molar-refractivity contribution < 1.29 is 9.53 Å². The van der Waals surface area contributed by atoms with E-state index in [2.05, 4.69) is 0 Å². The summed E-state index contributed by atoms with van der Waals surface area (Å²) in [5.41, 5.74) is 0. The van der Waals surface area contributed by atoms with Gasteiger partial charge in [0.05, 0.1) is 6.61 Å². The maximum absolute atomic E-state index is 10.4. The fourth-order valence-electron chi connectivity index (χ4n) is 0.371. The first-order valence-corrected chi connectivity index (χ1v) is 3.17. The fourth-order valence-corrected chi connectivity index (χ4v) is 0.371. The summed E-state index contributed by atoms with van der Waals surface area (Å²) in [5.74, 6) is -0.150. The second-order valence-electron chi connectivity index (χ2n) is 1.72. The standard InChI is InChI=1S/C7H12O2/c1-3-5-6-9-7(8)4-2/h1H,3-6H2,2H3. The van der Waals surface area contributed by atoms with Gasteiger partial charge in [0.1, 0.15) is 0 Å². The number of unbranched alkanes of at least 4 members (excludes halogenated alkanes) is 1. The molecule has 0 spiro atoms. The van der Waals surface area contributed by atoms with Crippen LogP contribution in [-0.4, -0.2) is 12.6 Å². The van der Waals surface area contributed by atoms with Crippen molar-refractivity contribution >= 4 is 5.97 Å². The molecule has 0 aromatic heterocycles. The molecule has 2 nitrogen and oxygen atoms in total. The van der Waals surface area contributed by atoms with Gasteiger partial charge in [0.15, 0.2) is 0 Å². The van der Waals surface area contributed by atoms with E-state index >= 15 is 0 Å². The third kappa shape index (κ3) is 5.34. The van der Waals surface area contributed by atoms with E-state index in [1.807, 2.05) is 0 Å². The third-order valence-electron chi connectivity index (χ3n) is 0.900. The summed E-state index contributed by atoms with van der Waals surface area (Å²) in [5, 5.41) is 0. The van der Waals surface area contributed by atoms with Crippen molar-refractivity contribution in [2.75, 3.05) is 6.61 Å². The molecular weight excluding hydrogens is 116 g/mol. The molecule has 2 heteroatoms. The van der Waals surface area contributed by atoms with E-state index in [-0.39, 0.29) is 5.97 Å². The first kappa shape index (κ1) is 8.47. The highest BCUT2D eigenvalue weighted by atomic mass is 16.5. The van der Waals surface area contributed by atoms with E-state index in [0.29, 0.717) is 19.4 Å². The highest BCUT2D eigenvalue weighted by molar-refractivity contribution is 5.68. The van der Waals surface area contributed by atoms with E-state index in [4.69, 9.17) is 11.7 Å². The van der Waals surface area contributed by atoms with Gasteiger partial charge in [-0.2, -0.15) is 0 Å². The van der Waals surface area contributed by atoms with Crippen molar-refractivity contribution in [3.8, 4) is 0 Å². The number of carbonyl (C=O) groups excluding carboxylic acids is 1. The minimum atomic E-state index is -0.150. The summed E-state index contributed by atoms with van der Waals surface area (Å²) >= 11 is 0. The van der Waals surface area contributed by atoms with Gasteiger partial charge >= 0.3 is 5.97 Å². The lowest BCUT2D eigenvalue weighted by Crippen LogP contribution is -2.02. The molecule has 0 heterocycles. The average molecular weight is 128 g/mol. The maximum atomic E-state index is 10.4. The second-order valence-corrected chi connectivity index (χ2v) is 1.72. The molecule has 0 aromatic rings. The van der Waals surface area contributed by atoms with Crippen molar-refractivity contribution in [1.29, 1.82) is 0 Å². The molecule has 2 radical (unpaired) electrons. The Morgan fingerprint density at radius 2 is 2.33 bits per heavy atom. The molecule has 0 bridgehead atoms. The molecule has 0 amide bonds. The van der Waals surface area contributed by atoms with Crippen LogP contribution in [0.4, 0.5) is 0 Å². The Labute approximate surface area is 56.2 Å². The lowest BCUT2D eigenvalue weighted by Gasteiger charge is -1.99. The smallest absolute Gasteiger partial charge is 0.305 e. The molecule has 9 heavy (non-hydrogen) atoms. The van der Waals surface area contributed by atoms with Gasteiger partial charge in [-0.25, -0.2) is 0 Å². The molecule has 0 unspecified atom stereocenters. The van der Waals surface area contributed by atoms with Gasteiger partial charge in [0.2, 0.25) is 0 Å². The minimum absolute atomic E-state index is 0.150. The largest absolute Gasteiger partial charge is 0.466 e. The second kappa shape index (κ2) is 5.60. The number of rotatable bonds is 4. The Kier molecular flexibility index (Phi) is 5.27. The molecule has 0 atom stereocenters. The van der Waals surface area contributed by atoms with Crippen molar-refractivity contribution in [2.45, 2.75) is 26.2 Å². The molecule has 0 aliphatic carbocycles. The molecule has 0 fully saturated rings. The summed E-state index contributed by atoms with van der Waals surface area (Å²) in [7, 11) is 0. The number of hydrogen-bond donors (Lipinski definition) is 0. The third-order valence-corrected chi connectivity index (χ3v) is 0.900. The van der Waals surface area contributed by atoms with E-state index in [0.717, 1.165) is 6.42 Å². The predicted octanol–water partition coefficient (Wildman–Crippen LogP) is 1.43. The fraction of sp³-hybridized carbons (Fsp3) is 0.714. The van der Waals surface area contributed by atoms with Crippen molar-refractivity contribution in [3.05, 3.63) is 6.92 Å². The van der Waals surface area contributed by atoms with Gasteiger partial charge in [0.25, 0.3) is 0 Å².